The van der Waals surface area contributed by atoms with Gasteiger partial charge in [0.25, 0.3) is 0 Å². The van der Waals surface area contributed by atoms with Crippen LogP contribution in [0.3, 0.4) is 0 Å². The highest BCUT2D eigenvalue weighted by Gasteiger charge is 2.17. The maximum Gasteiger partial charge on any atom is 0.241 e. The summed E-state index contributed by atoms with van der Waals surface area (Å²) in [6.45, 7) is 0.951. The number of nitro groups is 1. The molecule has 0 aromatic rings. The van der Waals surface area contributed by atoms with Crippen LogP contribution in [0.25, 0.3) is 0 Å². The molecular formula is C5H10FNO2. The number of hydrogen-bond acceptors (Lipinski definition) is 2. The fraction of sp³-hybridized carbons (Fsp3) is 1.00. The number of rotatable bonds is 4. The maximum absolute atomic E-state index is 11.7. The zero-order valence-electron chi connectivity index (χ0n) is 5.34. The molecular weight excluding hydrogens is 125 g/mol. The van der Waals surface area contributed by atoms with Crippen LogP contribution in [0, 0.1) is 10.1 Å². The second kappa shape index (κ2) is 4.23. The van der Waals surface area contributed by atoms with E-state index in [2.05, 4.69) is 0 Å². The number of nitrogens with zero attached hydrogens (tertiary/aromatic N) is 1. The normalized spacial score (nSPS) is 13.1. The molecule has 1 atom stereocenters. The van der Waals surface area contributed by atoms with E-state index >= 15 is 0 Å². The Morgan fingerprint density at radius 2 is 2.33 bits per heavy atom. The molecule has 0 radical (unpaired) electrons. The predicted molar refractivity (Wildman–Crippen MR) is 31.7 cm³/mol. The molecule has 0 saturated carbocycles. The lowest BCUT2D eigenvalue weighted by atomic mass is 10.2. The molecule has 0 aromatic carbocycles. The van der Waals surface area contributed by atoms with Crippen LogP contribution in [0.2, 0.25) is 0 Å². The molecule has 0 heterocycles. The highest BCUT2D eigenvalue weighted by atomic mass is 19.1. The first-order valence-corrected chi connectivity index (χ1v) is 2.91. The zero-order chi connectivity index (χ0) is 7.28. The Hall–Kier alpha value is -0.670. The third kappa shape index (κ3) is 3.00. The van der Waals surface area contributed by atoms with E-state index < -0.39 is 17.6 Å². The van der Waals surface area contributed by atoms with Gasteiger partial charge in [0, 0.05) is 11.3 Å². The van der Waals surface area contributed by atoms with Gasteiger partial charge >= 0.3 is 0 Å². The second-order valence-corrected chi connectivity index (χ2v) is 1.88. The van der Waals surface area contributed by atoms with Crippen molar-refractivity contribution in [3.05, 3.63) is 10.1 Å². The average molecular weight is 135 g/mol. The van der Waals surface area contributed by atoms with Gasteiger partial charge in [-0.2, -0.15) is 0 Å². The minimum Gasteiger partial charge on any atom is -0.264 e. The second-order valence-electron chi connectivity index (χ2n) is 1.88. The number of hydrogen-bond donors (Lipinski definition) is 0. The Labute approximate surface area is 53.0 Å². The molecule has 0 bridgehead atoms. The Balaban J connectivity index is 3.54. The summed E-state index contributed by atoms with van der Waals surface area (Å²) in [6.07, 6.45) is 0.999. The summed E-state index contributed by atoms with van der Waals surface area (Å²) in [5, 5.41) is 9.89. The van der Waals surface area contributed by atoms with Crippen LogP contribution in [-0.2, 0) is 0 Å². The molecule has 0 fully saturated rings. The van der Waals surface area contributed by atoms with Crippen molar-refractivity contribution in [3.63, 3.8) is 0 Å². The lowest BCUT2D eigenvalue weighted by molar-refractivity contribution is -0.524. The van der Waals surface area contributed by atoms with Gasteiger partial charge in [-0.15, -0.1) is 0 Å². The Morgan fingerprint density at radius 3 is 2.44 bits per heavy atom. The fourth-order valence-electron chi connectivity index (χ4n) is 0.572. The predicted octanol–water partition coefficient (Wildman–Crippen LogP) is 1.40. The molecule has 4 heteroatoms. The summed E-state index contributed by atoms with van der Waals surface area (Å²) in [5.41, 5.74) is 0. The van der Waals surface area contributed by atoms with Crippen LogP contribution in [0.15, 0.2) is 0 Å². The standard InChI is InChI=1S/C5H10FNO2/c1-2-3-5(4-6)7(8)9/h5H,2-4H2,1H3. The minimum absolute atomic E-state index is 0.337. The summed E-state index contributed by atoms with van der Waals surface area (Å²) in [5.74, 6) is 0. The molecule has 0 aliphatic heterocycles. The maximum atomic E-state index is 11.7. The third-order valence-corrected chi connectivity index (χ3v) is 1.10. The van der Waals surface area contributed by atoms with Gasteiger partial charge in [-0.1, -0.05) is 6.92 Å². The van der Waals surface area contributed by atoms with Gasteiger partial charge in [0.15, 0.2) is 6.67 Å². The van der Waals surface area contributed by atoms with Crippen LogP contribution in [0.1, 0.15) is 19.8 Å². The summed E-state index contributed by atoms with van der Waals surface area (Å²) < 4.78 is 11.7. The van der Waals surface area contributed by atoms with Gasteiger partial charge in [-0.25, -0.2) is 4.39 Å². The fourth-order valence-corrected chi connectivity index (χ4v) is 0.572. The van der Waals surface area contributed by atoms with E-state index in [1.165, 1.54) is 0 Å². The molecule has 9 heavy (non-hydrogen) atoms. The van der Waals surface area contributed by atoms with E-state index in [9.17, 15) is 14.5 Å². The first kappa shape index (κ1) is 8.33. The summed E-state index contributed by atoms with van der Waals surface area (Å²) in [7, 11) is 0. The van der Waals surface area contributed by atoms with Crippen LogP contribution in [0.5, 0.6) is 0 Å². The van der Waals surface area contributed by atoms with Gasteiger partial charge in [0.1, 0.15) is 0 Å². The molecule has 0 saturated heterocycles. The van der Waals surface area contributed by atoms with Crippen molar-refractivity contribution in [1.82, 2.24) is 0 Å². The van der Waals surface area contributed by atoms with Crippen molar-refractivity contribution in [1.29, 1.82) is 0 Å². The Bertz CT molecular complexity index is 97.0. The summed E-state index contributed by atoms with van der Waals surface area (Å²) in [4.78, 5) is 9.32. The smallest absolute Gasteiger partial charge is 0.241 e. The van der Waals surface area contributed by atoms with Crippen LogP contribution in [-0.4, -0.2) is 17.6 Å². The van der Waals surface area contributed by atoms with Gasteiger partial charge in [-0.3, -0.25) is 10.1 Å². The van der Waals surface area contributed by atoms with Crippen LogP contribution >= 0.6 is 0 Å². The van der Waals surface area contributed by atoms with Crippen molar-refractivity contribution in [2.24, 2.45) is 0 Å². The van der Waals surface area contributed by atoms with E-state index in [1.54, 1.807) is 6.92 Å². The van der Waals surface area contributed by atoms with E-state index in [4.69, 9.17) is 0 Å². The first-order chi connectivity index (χ1) is 4.22. The highest BCUT2D eigenvalue weighted by molar-refractivity contribution is 4.51. The van der Waals surface area contributed by atoms with Crippen LogP contribution < -0.4 is 0 Å². The Kier molecular flexibility index (Phi) is 3.92. The zero-order valence-corrected chi connectivity index (χ0v) is 5.34. The number of alkyl halides is 1. The largest absolute Gasteiger partial charge is 0.264 e. The highest BCUT2D eigenvalue weighted by Crippen LogP contribution is 2.00. The average Bonchev–Trinajstić information content (AvgIpc) is 1.82. The lowest BCUT2D eigenvalue weighted by Gasteiger charge is -2.00. The molecule has 0 spiro atoms. The van der Waals surface area contributed by atoms with Gasteiger partial charge in [-0.05, 0) is 6.42 Å². The molecule has 0 rings (SSSR count). The van der Waals surface area contributed by atoms with E-state index in [-0.39, 0.29) is 0 Å². The summed E-state index contributed by atoms with van der Waals surface area (Å²) in [6, 6.07) is -0.977. The number of halogens is 1. The van der Waals surface area contributed by atoms with Crippen LogP contribution in [0.4, 0.5) is 4.39 Å². The van der Waals surface area contributed by atoms with Gasteiger partial charge in [0.05, 0.1) is 0 Å². The molecule has 3 nitrogen and oxygen atoms in total. The summed E-state index contributed by atoms with van der Waals surface area (Å²) >= 11 is 0. The monoisotopic (exact) mass is 135 g/mol. The molecule has 0 amide bonds. The lowest BCUT2D eigenvalue weighted by Crippen LogP contribution is -2.20. The molecule has 0 aliphatic rings. The third-order valence-electron chi connectivity index (χ3n) is 1.10. The van der Waals surface area contributed by atoms with Gasteiger partial charge in [0.2, 0.25) is 6.04 Å². The Morgan fingerprint density at radius 1 is 1.78 bits per heavy atom. The quantitative estimate of drug-likeness (QED) is 0.432. The van der Waals surface area contributed by atoms with Crippen molar-refractivity contribution < 1.29 is 9.31 Å². The minimum atomic E-state index is -0.977. The van der Waals surface area contributed by atoms with Crippen molar-refractivity contribution in [3.8, 4) is 0 Å². The molecule has 0 aliphatic carbocycles. The van der Waals surface area contributed by atoms with E-state index in [0.29, 0.717) is 12.8 Å². The first-order valence-electron chi connectivity index (χ1n) is 2.91. The molecule has 1 unspecified atom stereocenters. The molecule has 0 aromatic heterocycles. The van der Waals surface area contributed by atoms with Gasteiger partial charge < -0.3 is 0 Å². The molecule has 0 N–H and O–H groups in total. The molecule has 54 valence electrons. The van der Waals surface area contributed by atoms with Crippen molar-refractivity contribution in [2.75, 3.05) is 6.67 Å². The van der Waals surface area contributed by atoms with Crippen molar-refractivity contribution in [2.45, 2.75) is 25.8 Å². The topological polar surface area (TPSA) is 43.1 Å². The SMILES string of the molecule is CCCC(CF)[N+](=O)[O-]. The van der Waals surface area contributed by atoms with Crippen molar-refractivity contribution >= 4 is 0 Å². The van der Waals surface area contributed by atoms with E-state index in [1.807, 2.05) is 0 Å². The van der Waals surface area contributed by atoms with E-state index in [0.717, 1.165) is 0 Å².